The van der Waals surface area contributed by atoms with Crippen LogP contribution in [0.5, 0.6) is 0 Å². The van der Waals surface area contributed by atoms with Gasteiger partial charge >= 0.3 is 5.97 Å². The molecule has 1 heterocycles. The number of aromatic nitrogens is 2. The lowest BCUT2D eigenvalue weighted by molar-refractivity contribution is -0.125. The highest BCUT2D eigenvalue weighted by atomic mass is 16.5. The van der Waals surface area contributed by atoms with Crippen LogP contribution in [0, 0.1) is 5.92 Å². The molecule has 1 amide bonds. The van der Waals surface area contributed by atoms with Gasteiger partial charge < -0.3 is 10.1 Å². The highest BCUT2D eigenvalue weighted by Gasteiger charge is 2.21. The van der Waals surface area contributed by atoms with Crippen LogP contribution in [0.4, 0.5) is 0 Å². The fraction of sp³-hybridized carbons (Fsp3) is 0.304. The molecule has 0 bridgehead atoms. The molecule has 0 aliphatic heterocycles. The number of ether oxygens (including phenoxy) is 1. The molecule has 7 heteroatoms. The summed E-state index contributed by atoms with van der Waals surface area (Å²) in [6.45, 7) is 5.68. The maximum absolute atomic E-state index is 12.4. The molecule has 7 nitrogen and oxygen atoms in total. The third-order valence-electron chi connectivity index (χ3n) is 4.95. The first kappa shape index (κ1) is 21.2. The Kier molecular flexibility index (Phi) is 6.61. The van der Waals surface area contributed by atoms with E-state index in [1.807, 2.05) is 38.1 Å². The van der Waals surface area contributed by atoms with Crippen molar-refractivity contribution in [3.05, 3.63) is 75.7 Å². The van der Waals surface area contributed by atoms with E-state index in [1.165, 1.54) is 5.56 Å². The van der Waals surface area contributed by atoms with Crippen LogP contribution in [0.1, 0.15) is 48.4 Å². The highest BCUT2D eigenvalue weighted by molar-refractivity contribution is 6.02. The van der Waals surface area contributed by atoms with Gasteiger partial charge in [-0.25, -0.2) is 9.89 Å². The third-order valence-corrected chi connectivity index (χ3v) is 4.95. The van der Waals surface area contributed by atoms with Gasteiger partial charge in [0.05, 0.1) is 11.4 Å². The minimum Gasteiger partial charge on any atom is -0.451 e. The molecule has 0 saturated heterocycles. The van der Waals surface area contributed by atoms with Crippen molar-refractivity contribution in [2.24, 2.45) is 5.92 Å². The molecule has 0 saturated carbocycles. The molecule has 0 aliphatic carbocycles. The van der Waals surface area contributed by atoms with Gasteiger partial charge in [-0.2, -0.15) is 5.10 Å². The summed E-state index contributed by atoms with van der Waals surface area (Å²) in [7, 11) is 0. The molecule has 30 heavy (non-hydrogen) atoms. The Bertz CT molecular complexity index is 1100. The number of aromatic amines is 1. The fourth-order valence-electron chi connectivity index (χ4n) is 3.28. The molecule has 1 atom stereocenters. The van der Waals surface area contributed by atoms with E-state index in [0.717, 1.165) is 12.0 Å². The van der Waals surface area contributed by atoms with Crippen LogP contribution >= 0.6 is 0 Å². The Hall–Kier alpha value is -3.48. The maximum atomic E-state index is 12.4. The summed E-state index contributed by atoms with van der Waals surface area (Å²) < 4.78 is 5.16. The van der Waals surface area contributed by atoms with Gasteiger partial charge in [0.25, 0.3) is 11.5 Å². The number of H-pyrrole nitrogens is 1. The number of hydrogen-bond acceptors (Lipinski definition) is 5. The van der Waals surface area contributed by atoms with Gasteiger partial charge in [0.15, 0.2) is 12.3 Å². The number of amides is 1. The number of esters is 1. The van der Waals surface area contributed by atoms with E-state index in [4.69, 9.17) is 4.74 Å². The average Bonchev–Trinajstić information content (AvgIpc) is 2.76. The van der Waals surface area contributed by atoms with Crippen molar-refractivity contribution < 1.29 is 14.3 Å². The molecule has 0 unspecified atom stereocenters. The lowest BCUT2D eigenvalue weighted by Gasteiger charge is -2.23. The Balaban J connectivity index is 1.68. The SMILES string of the molecule is CCc1ccc([C@@H](NC(=O)COC(=O)c2n[nH]c(=O)c3ccccc23)C(C)C)cc1. The molecular formula is C23H25N3O4. The van der Waals surface area contributed by atoms with Gasteiger partial charge in [-0.3, -0.25) is 9.59 Å². The summed E-state index contributed by atoms with van der Waals surface area (Å²) in [6, 6.07) is 14.5. The number of nitrogens with one attached hydrogen (secondary N) is 2. The Morgan fingerprint density at radius 1 is 1.07 bits per heavy atom. The lowest BCUT2D eigenvalue weighted by Crippen LogP contribution is -2.35. The Morgan fingerprint density at radius 2 is 1.73 bits per heavy atom. The zero-order valence-corrected chi connectivity index (χ0v) is 17.3. The lowest BCUT2D eigenvalue weighted by atomic mass is 9.95. The van der Waals surface area contributed by atoms with Gasteiger partial charge in [0.2, 0.25) is 0 Å². The largest absolute Gasteiger partial charge is 0.451 e. The van der Waals surface area contributed by atoms with Crippen molar-refractivity contribution in [3.63, 3.8) is 0 Å². The standard InChI is InChI=1S/C23H25N3O4/c1-4-15-9-11-16(12-10-15)20(14(2)3)24-19(27)13-30-23(29)21-17-7-5-6-8-18(17)22(28)26-25-21/h5-12,14,20H,4,13H2,1-3H3,(H,24,27)(H,26,28)/t20-/m0/s1. The van der Waals surface area contributed by atoms with Gasteiger partial charge in [-0.05, 0) is 29.5 Å². The minimum absolute atomic E-state index is 0.0337. The second kappa shape index (κ2) is 9.35. The first-order valence-electron chi connectivity index (χ1n) is 9.93. The monoisotopic (exact) mass is 407 g/mol. The zero-order valence-electron chi connectivity index (χ0n) is 17.3. The van der Waals surface area contributed by atoms with Crippen molar-refractivity contribution in [2.45, 2.75) is 33.2 Å². The van der Waals surface area contributed by atoms with E-state index in [9.17, 15) is 14.4 Å². The summed E-state index contributed by atoms with van der Waals surface area (Å²) in [4.78, 5) is 36.7. The number of hydrogen-bond donors (Lipinski definition) is 2. The van der Waals surface area contributed by atoms with E-state index in [0.29, 0.717) is 10.8 Å². The number of nitrogens with zero attached hydrogens (tertiary/aromatic N) is 1. The molecule has 156 valence electrons. The zero-order chi connectivity index (χ0) is 21.7. The maximum Gasteiger partial charge on any atom is 0.359 e. The Labute approximate surface area is 174 Å². The number of benzene rings is 2. The topological polar surface area (TPSA) is 101 Å². The molecule has 3 aromatic rings. The van der Waals surface area contributed by atoms with E-state index in [1.54, 1.807) is 24.3 Å². The molecule has 0 fully saturated rings. The van der Waals surface area contributed by atoms with Crippen molar-refractivity contribution in [1.82, 2.24) is 15.5 Å². The summed E-state index contributed by atoms with van der Waals surface area (Å²) in [5, 5.41) is 9.72. The predicted molar refractivity (Wildman–Crippen MR) is 114 cm³/mol. The summed E-state index contributed by atoms with van der Waals surface area (Å²) in [5.74, 6) is -1.02. The van der Waals surface area contributed by atoms with Gasteiger partial charge in [-0.15, -0.1) is 0 Å². The Morgan fingerprint density at radius 3 is 2.37 bits per heavy atom. The van der Waals surface area contributed by atoms with Crippen LogP contribution in [0.3, 0.4) is 0 Å². The predicted octanol–water partition coefficient (Wildman–Crippen LogP) is 3.16. The second-order valence-electron chi connectivity index (χ2n) is 7.41. The summed E-state index contributed by atoms with van der Waals surface area (Å²) >= 11 is 0. The van der Waals surface area contributed by atoms with Crippen LogP contribution in [0.2, 0.25) is 0 Å². The van der Waals surface area contributed by atoms with E-state index >= 15 is 0 Å². The van der Waals surface area contributed by atoms with E-state index in [2.05, 4.69) is 22.4 Å². The smallest absolute Gasteiger partial charge is 0.359 e. The molecule has 0 spiro atoms. The first-order chi connectivity index (χ1) is 14.4. The molecule has 3 rings (SSSR count). The fourth-order valence-corrected chi connectivity index (χ4v) is 3.28. The molecule has 1 aromatic heterocycles. The highest BCUT2D eigenvalue weighted by Crippen LogP contribution is 2.22. The van der Waals surface area contributed by atoms with Crippen LogP contribution < -0.4 is 10.9 Å². The third kappa shape index (κ3) is 4.74. The summed E-state index contributed by atoms with van der Waals surface area (Å²) in [6.07, 6.45) is 0.947. The van der Waals surface area contributed by atoms with Gasteiger partial charge in [0, 0.05) is 5.39 Å². The number of rotatable bonds is 7. The van der Waals surface area contributed by atoms with Crippen LogP contribution in [0.25, 0.3) is 10.8 Å². The molecule has 2 aromatic carbocycles. The van der Waals surface area contributed by atoms with Crippen LogP contribution in [-0.2, 0) is 16.0 Å². The van der Waals surface area contributed by atoms with Crippen molar-refractivity contribution in [2.75, 3.05) is 6.61 Å². The minimum atomic E-state index is -0.772. The molecule has 2 N–H and O–H groups in total. The van der Waals surface area contributed by atoms with Gasteiger partial charge in [-0.1, -0.05) is 63.2 Å². The number of fused-ring (bicyclic) bond motifs is 1. The van der Waals surface area contributed by atoms with E-state index < -0.39 is 24.0 Å². The van der Waals surface area contributed by atoms with Crippen molar-refractivity contribution in [3.8, 4) is 0 Å². The molecule has 0 aliphatic rings. The van der Waals surface area contributed by atoms with Crippen LogP contribution in [0.15, 0.2) is 53.3 Å². The summed E-state index contributed by atoms with van der Waals surface area (Å²) in [5.41, 5.74) is 1.79. The number of carbonyl (C=O) groups excluding carboxylic acids is 2. The van der Waals surface area contributed by atoms with Crippen molar-refractivity contribution >= 4 is 22.6 Å². The second-order valence-corrected chi connectivity index (χ2v) is 7.41. The quantitative estimate of drug-likeness (QED) is 0.586. The number of aryl methyl sites for hydroxylation is 1. The van der Waals surface area contributed by atoms with E-state index in [-0.39, 0.29) is 17.7 Å². The normalized spacial score (nSPS) is 12.0. The first-order valence-corrected chi connectivity index (χ1v) is 9.93. The van der Waals surface area contributed by atoms with Crippen molar-refractivity contribution in [1.29, 1.82) is 0 Å². The number of carbonyl (C=O) groups is 2. The molecule has 0 radical (unpaired) electrons. The van der Waals surface area contributed by atoms with Gasteiger partial charge in [0.1, 0.15) is 0 Å². The molecular weight excluding hydrogens is 382 g/mol. The average molecular weight is 407 g/mol. The van der Waals surface area contributed by atoms with Crippen LogP contribution in [-0.4, -0.2) is 28.7 Å².